The molecule has 0 bridgehead atoms. The number of hydrogen-bond acceptors (Lipinski definition) is 5. The summed E-state index contributed by atoms with van der Waals surface area (Å²) in [5.41, 5.74) is 1.07. The molecule has 0 spiro atoms. The van der Waals surface area contributed by atoms with Gasteiger partial charge in [-0.2, -0.15) is 0 Å². The number of hydrogen-bond donors (Lipinski definition) is 1. The second kappa shape index (κ2) is 9.60. The van der Waals surface area contributed by atoms with Crippen molar-refractivity contribution >= 4 is 35.2 Å². The number of amides is 1. The molecule has 8 heteroatoms. The molecule has 162 valence electrons. The molecule has 1 aliphatic carbocycles. The Bertz CT molecular complexity index is 859. The van der Waals surface area contributed by atoms with Crippen LogP contribution in [0.25, 0.3) is 0 Å². The van der Waals surface area contributed by atoms with E-state index < -0.39 is 0 Å². The number of anilines is 1. The maximum Gasteiger partial charge on any atom is 0.230 e. The summed E-state index contributed by atoms with van der Waals surface area (Å²) in [4.78, 5) is 15.0. The fraction of sp³-hybridized carbons (Fsp3) is 0.591. The average molecular weight is 448 g/mol. The summed E-state index contributed by atoms with van der Waals surface area (Å²) in [5.74, 6) is 2.12. The van der Waals surface area contributed by atoms with E-state index in [0.717, 1.165) is 42.1 Å². The van der Waals surface area contributed by atoms with Crippen molar-refractivity contribution in [1.29, 1.82) is 0 Å². The van der Waals surface area contributed by atoms with Gasteiger partial charge in [0.25, 0.3) is 0 Å². The standard InChI is InChI=1S/C22H30ClN5OS/c1-3-19(16-4-6-17(23)7-5-16)24-20(29)14-30-22-26-25-21(28(22)18-8-9-18)27-12-10-15(2)11-13-27/h4-7,15,18-19H,3,8-14H2,1-2H3,(H,24,29). The maximum absolute atomic E-state index is 12.6. The van der Waals surface area contributed by atoms with Crippen molar-refractivity contribution in [3.63, 3.8) is 0 Å². The van der Waals surface area contributed by atoms with Crippen LogP contribution in [0.3, 0.4) is 0 Å². The summed E-state index contributed by atoms with van der Waals surface area (Å²) < 4.78 is 2.27. The lowest BCUT2D eigenvalue weighted by Crippen LogP contribution is -2.34. The molecule has 1 aromatic heterocycles. The van der Waals surface area contributed by atoms with Crippen LogP contribution in [0.2, 0.25) is 5.02 Å². The average Bonchev–Trinajstić information content (AvgIpc) is 3.51. The summed E-state index contributed by atoms with van der Waals surface area (Å²) in [5, 5.41) is 13.7. The van der Waals surface area contributed by atoms with Crippen LogP contribution in [0.5, 0.6) is 0 Å². The van der Waals surface area contributed by atoms with Crippen molar-refractivity contribution in [2.24, 2.45) is 5.92 Å². The monoisotopic (exact) mass is 447 g/mol. The number of piperidine rings is 1. The third-order valence-corrected chi connectivity index (χ3v) is 7.17. The van der Waals surface area contributed by atoms with Gasteiger partial charge in [-0.05, 0) is 55.7 Å². The van der Waals surface area contributed by atoms with Gasteiger partial charge in [-0.1, -0.05) is 49.3 Å². The molecular weight excluding hydrogens is 418 g/mol. The summed E-state index contributed by atoms with van der Waals surface area (Å²) in [7, 11) is 0. The quantitative estimate of drug-likeness (QED) is 0.585. The van der Waals surface area contributed by atoms with Crippen LogP contribution >= 0.6 is 23.4 Å². The molecule has 1 unspecified atom stereocenters. The van der Waals surface area contributed by atoms with Crippen LogP contribution in [-0.2, 0) is 4.79 Å². The highest BCUT2D eigenvalue weighted by molar-refractivity contribution is 7.99. The highest BCUT2D eigenvalue weighted by Gasteiger charge is 2.32. The lowest BCUT2D eigenvalue weighted by molar-refractivity contribution is -0.119. The van der Waals surface area contributed by atoms with E-state index in [1.165, 1.54) is 37.4 Å². The van der Waals surface area contributed by atoms with Crippen molar-refractivity contribution in [3.05, 3.63) is 34.9 Å². The first-order chi connectivity index (χ1) is 14.5. The molecule has 1 amide bonds. The van der Waals surface area contributed by atoms with E-state index >= 15 is 0 Å². The molecule has 1 atom stereocenters. The Morgan fingerprint density at radius 1 is 1.20 bits per heavy atom. The molecule has 2 aliphatic rings. The van der Waals surface area contributed by atoms with E-state index in [4.69, 9.17) is 11.6 Å². The van der Waals surface area contributed by atoms with Crippen LogP contribution in [0.15, 0.2) is 29.4 Å². The smallest absolute Gasteiger partial charge is 0.230 e. The lowest BCUT2D eigenvalue weighted by Gasteiger charge is -2.31. The van der Waals surface area contributed by atoms with Gasteiger partial charge in [0.1, 0.15) is 0 Å². The number of nitrogens with one attached hydrogen (secondary N) is 1. The van der Waals surface area contributed by atoms with Crippen molar-refractivity contribution in [3.8, 4) is 0 Å². The zero-order valence-corrected chi connectivity index (χ0v) is 19.3. The third-order valence-electron chi connectivity index (χ3n) is 5.97. The van der Waals surface area contributed by atoms with Gasteiger partial charge in [0, 0.05) is 24.2 Å². The predicted octanol–water partition coefficient (Wildman–Crippen LogP) is 4.86. The normalized spacial score (nSPS) is 18.4. The number of nitrogens with zero attached hydrogens (tertiary/aromatic N) is 4. The second-order valence-corrected chi connectivity index (χ2v) is 9.80. The molecule has 1 aliphatic heterocycles. The van der Waals surface area contributed by atoms with Crippen LogP contribution in [0, 0.1) is 5.92 Å². The summed E-state index contributed by atoms with van der Waals surface area (Å²) in [6.45, 7) is 6.46. The molecule has 1 N–H and O–H groups in total. The summed E-state index contributed by atoms with van der Waals surface area (Å²) in [6.07, 6.45) is 5.57. The Morgan fingerprint density at radius 2 is 1.90 bits per heavy atom. The van der Waals surface area contributed by atoms with Crippen molar-refractivity contribution in [2.45, 2.75) is 63.2 Å². The topological polar surface area (TPSA) is 63.1 Å². The van der Waals surface area contributed by atoms with Crippen molar-refractivity contribution in [2.75, 3.05) is 23.7 Å². The number of halogens is 1. The number of benzene rings is 1. The van der Waals surface area contributed by atoms with Crippen LogP contribution in [-0.4, -0.2) is 39.5 Å². The van der Waals surface area contributed by atoms with E-state index in [1.807, 2.05) is 24.3 Å². The van der Waals surface area contributed by atoms with E-state index in [9.17, 15) is 4.79 Å². The molecule has 2 fully saturated rings. The highest BCUT2D eigenvalue weighted by atomic mass is 35.5. The molecule has 30 heavy (non-hydrogen) atoms. The Kier molecular flexibility index (Phi) is 6.88. The molecule has 0 radical (unpaired) electrons. The number of aromatic nitrogens is 3. The number of carbonyl (C=O) groups is 1. The van der Waals surface area contributed by atoms with Gasteiger partial charge in [-0.15, -0.1) is 10.2 Å². The zero-order valence-electron chi connectivity index (χ0n) is 17.7. The molecule has 4 rings (SSSR count). The molecule has 6 nitrogen and oxygen atoms in total. The largest absolute Gasteiger partial charge is 0.349 e. The molecule has 2 heterocycles. The molecule has 1 saturated carbocycles. The minimum Gasteiger partial charge on any atom is -0.349 e. The zero-order chi connectivity index (χ0) is 21.1. The van der Waals surface area contributed by atoms with Gasteiger partial charge in [0.2, 0.25) is 11.9 Å². The number of thioether (sulfide) groups is 1. The Hall–Kier alpha value is -1.73. The maximum atomic E-state index is 12.6. The van der Waals surface area contributed by atoms with Crippen molar-refractivity contribution < 1.29 is 4.79 Å². The minimum atomic E-state index is -0.0115. The van der Waals surface area contributed by atoms with E-state index in [0.29, 0.717) is 16.8 Å². The number of rotatable bonds is 8. The Balaban J connectivity index is 1.38. The minimum absolute atomic E-state index is 0.0115. The second-order valence-electron chi connectivity index (χ2n) is 8.42. The van der Waals surface area contributed by atoms with E-state index in [1.54, 1.807) is 0 Å². The predicted molar refractivity (Wildman–Crippen MR) is 122 cm³/mol. The van der Waals surface area contributed by atoms with Gasteiger partial charge in [-0.25, -0.2) is 0 Å². The van der Waals surface area contributed by atoms with Crippen LogP contribution < -0.4 is 10.2 Å². The first-order valence-electron chi connectivity index (χ1n) is 10.9. The van der Waals surface area contributed by atoms with Crippen LogP contribution in [0.1, 0.15) is 63.6 Å². The third kappa shape index (κ3) is 5.11. The van der Waals surface area contributed by atoms with Gasteiger partial charge in [-0.3, -0.25) is 9.36 Å². The number of carbonyl (C=O) groups excluding carboxylic acids is 1. The van der Waals surface area contributed by atoms with Gasteiger partial charge >= 0.3 is 0 Å². The Morgan fingerprint density at radius 3 is 2.53 bits per heavy atom. The fourth-order valence-corrected chi connectivity index (χ4v) is 4.86. The Labute approximate surface area is 187 Å². The molecule has 1 saturated heterocycles. The molecule has 1 aromatic carbocycles. The highest BCUT2D eigenvalue weighted by Crippen LogP contribution is 2.41. The SMILES string of the molecule is CCC(NC(=O)CSc1nnc(N2CCC(C)CC2)n1C1CC1)c1ccc(Cl)cc1. The first kappa shape index (κ1) is 21.5. The van der Waals surface area contributed by atoms with Gasteiger partial charge < -0.3 is 10.2 Å². The fourth-order valence-electron chi connectivity index (χ4n) is 3.93. The first-order valence-corrected chi connectivity index (χ1v) is 12.3. The van der Waals surface area contributed by atoms with Crippen LogP contribution in [0.4, 0.5) is 5.95 Å². The molecular formula is C22H30ClN5OS. The van der Waals surface area contributed by atoms with E-state index in [2.05, 4.69) is 38.8 Å². The molecule has 2 aromatic rings. The van der Waals surface area contributed by atoms with Gasteiger partial charge in [0.15, 0.2) is 5.16 Å². The van der Waals surface area contributed by atoms with Crippen molar-refractivity contribution in [1.82, 2.24) is 20.1 Å². The van der Waals surface area contributed by atoms with Gasteiger partial charge in [0.05, 0.1) is 11.8 Å². The lowest BCUT2D eigenvalue weighted by atomic mass is 10.00. The van der Waals surface area contributed by atoms with E-state index in [-0.39, 0.29) is 11.9 Å². The summed E-state index contributed by atoms with van der Waals surface area (Å²) in [6, 6.07) is 8.14. The summed E-state index contributed by atoms with van der Waals surface area (Å²) >= 11 is 7.47.